The van der Waals surface area contributed by atoms with E-state index in [-0.39, 0.29) is 12.1 Å². The van der Waals surface area contributed by atoms with Gasteiger partial charge in [-0.2, -0.15) is 0 Å². The molecular weight excluding hydrogens is 238 g/mol. The maximum Gasteiger partial charge on any atom is 0.410 e. The normalized spacial score (nSPS) is 13.2. The molecule has 0 aliphatic rings. The predicted octanol–water partition coefficient (Wildman–Crippen LogP) is 4.99. The van der Waals surface area contributed by atoms with Crippen LogP contribution in [0.25, 0.3) is 0 Å². The molecule has 0 aromatic carbocycles. The number of rotatable bonds is 8. The Labute approximate surface area is 119 Å². The van der Waals surface area contributed by atoms with Crippen LogP contribution in [-0.2, 0) is 4.74 Å². The summed E-state index contributed by atoms with van der Waals surface area (Å²) in [4.78, 5) is 13.9. The van der Waals surface area contributed by atoms with Crippen molar-refractivity contribution in [3.63, 3.8) is 0 Å². The van der Waals surface area contributed by atoms with Gasteiger partial charge in [0, 0.05) is 12.6 Å². The van der Waals surface area contributed by atoms with Crippen molar-refractivity contribution in [2.45, 2.75) is 91.7 Å². The van der Waals surface area contributed by atoms with Crippen LogP contribution in [0.1, 0.15) is 80.1 Å². The first-order valence-electron chi connectivity index (χ1n) is 7.81. The standard InChI is InChI=1S/C16H33NO2/c1-7-9-10-11-12-13-14(3)17(8-2)15(18)19-16(4,5)6/h14H,7-13H2,1-6H3. The molecule has 0 aromatic heterocycles. The molecule has 114 valence electrons. The van der Waals surface area contributed by atoms with Gasteiger partial charge in [-0.25, -0.2) is 4.79 Å². The van der Waals surface area contributed by atoms with Crippen LogP contribution in [0, 0.1) is 0 Å². The first-order valence-corrected chi connectivity index (χ1v) is 7.81. The Morgan fingerprint density at radius 1 is 1.11 bits per heavy atom. The second kappa shape index (κ2) is 9.22. The van der Waals surface area contributed by atoms with E-state index in [9.17, 15) is 4.79 Å². The van der Waals surface area contributed by atoms with Gasteiger partial charge in [-0.1, -0.05) is 39.0 Å². The summed E-state index contributed by atoms with van der Waals surface area (Å²) in [5.74, 6) is 0. The first kappa shape index (κ1) is 18.3. The van der Waals surface area contributed by atoms with E-state index in [1.54, 1.807) is 0 Å². The molecule has 0 fully saturated rings. The predicted molar refractivity (Wildman–Crippen MR) is 81.5 cm³/mol. The minimum Gasteiger partial charge on any atom is -0.444 e. The van der Waals surface area contributed by atoms with Crippen LogP contribution >= 0.6 is 0 Å². The number of hydrogen-bond acceptors (Lipinski definition) is 2. The second-order valence-corrected chi connectivity index (χ2v) is 6.32. The topological polar surface area (TPSA) is 29.5 Å². The van der Waals surface area contributed by atoms with E-state index in [0.29, 0.717) is 6.54 Å². The maximum absolute atomic E-state index is 12.1. The van der Waals surface area contributed by atoms with Gasteiger partial charge in [-0.3, -0.25) is 0 Å². The monoisotopic (exact) mass is 271 g/mol. The molecule has 0 aliphatic heterocycles. The Bertz CT molecular complexity index is 246. The highest BCUT2D eigenvalue weighted by atomic mass is 16.6. The van der Waals surface area contributed by atoms with Gasteiger partial charge in [-0.15, -0.1) is 0 Å². The van der Waals surface area contributed by atoms with Crippen LogP contribution in [0.2, 0.25) is 0 Å². The molecule has 0 saturated carbocycles. The van der Waals surface area contributed by atoms with Crippen LogP contribution in [0.4, 0.5) is 4.79 Å². The summed E-state index contributed by atoms with van der Waals surface area (Å²) in [5.41, 5.74) is -0.411. The Hall–Kier alpha value is -0.730. The van der Waals surface area contributed by atoms with Gasteiger partial charge in [0.15, 0.2) is 0 Å². The molecule has 0 saturated heterocycles. The lowest BCUT2D eigenvalue weighted by Gasteiger charge is -2.31. The second-order valence-electron chi connectivity index (χ2n) is 6.32. The van der Waals surface area contributed by atoms with Crippen molar-refractivity contribution in [2.75, 3.05) is 6.54 Å². The summed E-state index contributed by atoms with van der Waals surface area (Å²) in [5, 5.41) is 0. The average molecular weight is 271 g/mol. The number of hydrogen-bond donors (Lipinski definition) is 0. The molecule has 0 aliphatic carbocycles. The van der Waals surface area contributed by atoms with Crippen LogP contribution in [0.15, 0.2) is 0 Å². The van der Waals surface area contributed by atoms with Gasteiger partial charge in [0.1, 0.15) is 5.60 Å². The fourth-order valence-electron chi connectivity index (χ4n) is 2.14. The van der Waals surface area contributed by atoms with E-state index < -0.39 is 5.60 Å². The van der Waals surface area contributed by atoms with Crippen molar-refractivity contribution in [1.29, 1.82) is 0 Å². The highest BCUT2D eigenvalue weighted by Crippen LogP contribution is 2.15. The lowest BCUT2D eigenvalue weighted by Crippen LogP contribution is -2.42. The quantitative estimate of drug-likeness (QED) is 0.582. The van der Waals surface area contributed by atoms with Gasteiger partial charge in [0.25, 0.3) is 0 Å². The van der Waals surface area contributed by atoms with Crippen LogP contribution in [0.3, 0.4) is 0 Å². The Kier molecular flexibility index (Phi) is 8.86. The van der Waals surface area contributed by atoms with Crippen LogP contribution in [-0.4, -0.2) is 29.2 Å². The maximum atomic E-state index is 12.1. The molecule has 0 radical (unpaired) electrons. The van der Waals surface area contributed by atoms with E-state index in [4.69, 9.17) is 4.74 Å². The molecule has 1 amide bonds. The number of carbonyl (C=O) groups excluding carboxylic acids is 1. The Morgan fingerprint density at radius 3 is 2.16 bits per heavy atom. The summed E-state index contributed by atoms with van der Waals surface area (Å²) in [6.07, 6.45) is 7.24. The van der Waals surface area contributed by atoms with Crippen LogP contribution < -0.4 is 0 Å². The van der Waals surface area contributed by atoms with Crippen molar-refractivity contribution in [3.05, 3.63) is 0 Å². The average Bonchev–Trinajstić information content (AvgIpc) is 2.27. The lowest BCUT2D eigenvalue weighted by atomic mass is 10.1. The number of ether oxygens (including phenoxy) is 1. The molecule has 1 unspecified atom stereocenters. The van der Waals surface area contributed by atoms with E-state index >= 15 is 0 Å². The zero-order valence-electron chi connectivity index (χ0n) is 13.8. The SMILES string of the molecule is CCCCCCCC(C)N(CC)C(=O)OC(C)(C)C. The molecule has 0 heterocycles. The minimum absolute atomic E-state index is 0.184. The molecule has 3 nitrogen and oxygen atoms in total. The number of carbonyl (C=O) groups is 1. The highest BCUT2D eigenvalue weighted by Gasteiger charge is 2.24. The van der Waals surface area contributed by atoms with Gasteiger partial charge in [-0.05, 0) is 41.0 Å². The molecule has 19 heavy (non-hydrogen) atoms. The van der Waals surface area contributed by atoms with Crippen molar-refractivity contribution in [3.8, 4) is 0 Å². The third kappa shape index (κ3) is 8.90. The first-order chi connectivity index (χ1) is 8.81. The summed E-state index contributed by atoms with van der Waals surface area (Å²) in [7, 11) is 0. The molecule has 0 bridgehead atoms. The third-order valence-corrected chi connectivity index (χ3v) is 3.23. The van der Waals surface area contributed by atoms with Crippen molar-refractivity contribution in [1.82, 2.24) is 4.90 Å². The minimum atomic E-state index is -0.411. The van der Waals surface area contributed by atoms with E-state index in [0.717, 1.165) is 6.42 Å². The molecule has 3 heteroatoms. The van der Waals surface area contributed by atoms with Crippen molar-refractivity contribution in [2.24, 2.45) is 0 Å². The largest absolute Gasteiger partial charge is 0.444 e. The molecule has 1 atom stereocenters. The molecule has 0 N–H and O–H groups in total. The Balaban J connectivity index is 4.09. The Morgan fingerprint density at radius 2 is 1.68 bits per heavy atom. The smallest absolute Gasteiger partial charge is 0.410 e. The molecule has 0 aromatic rings. The number of amides is 1. The van der Waals surface area contributed by atoms with Gasteiger partial charge in [0.2, 0.25) is 0 Å². The molecule has 0 rings (SSSR count). The van der Waals surface area contributed by atoms with E-state index in [1.807, 2.05) is 32.6 Å². The van der Waals surface area contributed by atoms with E-state index in [1.165, 1.54) is 32.1 Å². The number of unbranched alkanes of at least 4 members (excludes halogenated alkanes) is 4. The number of nitrogens with zero attached hydrogens (tertiary/aromatic N) is 1. The van der Waals surface area contributed by atoms with Crippen molar-refractivity contribution < 1.29 is 9.53 Å². The van der Waals surface area contributed by atoms with Gasteiger partial charge >= 0.3 is 6.09 Å². The lowest BCUT2D eigenvalue weighted by molar-refractivity contribution is 0.0179. The van der Waals surface area contributed by atoms with Gasteiger partial charge in [0.05, 0.1) is 0 Å². The summed E-state index contributed by atoms with van der Waals surface area (Å²) in [6.45, 7) is 12.8. The summed E-state index contributed by atoms with van der Waals surface area (Å²) in [6, 6.07) is 0.265. The fraction of sp³-hybridized carbons (Fsp3) is 0.938. The third-order valence-electron chi connectivity index (χ3n) is 3.23. The van der Waals surface area contributed by atoms with Gasteiger partial charge < -0.3 is 9.64 Å². The zero-order valence-corrected chi connectivity index (χ0v) is 13.8. The van der Waals surface area contributed by atoms with Crippen molar-refractivity contribution >= 4 is 6.09 Å². The molecular formula is C16H33NO2. The van der Waals surface area contributed by atoms with Crippen LogP contribution in [0.5, 0.6) is 0 Å². The summed E-state index contributed by atoms with van der Waals surface area (Å²) >= 11 is 0. The molecule has 0 spiro atoms. The highest BCUT2D eigenvalue weighted by molar-refractivity contribution is 5.68. The van der Waals surface area contributed by atoms with E-state index in [2.05, 4.69) is 13.8 Å². The zero-order chi connectivity index (χ0) is 14.9. The fourth-order valence-corrected chi connectivity index (χ4v) is 2.14. The summed E-state index contributed by atoms with van der Waals surface area (Å²) < 4.78 is 5.44.